The number of likely N-dealkylation sites (N-methyl/N-ethyl adjacent to an activating group) is 1. The lowest BCUT2D eigenvalue weighted by molar-refractivity contribution is -0.131. The van der Waals surface area contributed by atoms with Crippen LogP contribution in [0.4, 0.5) is 0 Å². The summed E-state index contributed by atoms with van der Waals surface area (Å²) in [6.45, 7) is 3.67. The van der Waals surface area contributed by atoms with Crippen molar-refractivity contribution in [2.75, 3.05) is 7.05 Å². The molecule has 0 fully saturated rings. The zero-order chi connectivity index (χ0) is 13.8. The van der Waals surface area contributed by atoms with Crippen LogP contribution in [0.15, 0.2) is 23.2 Å². The van der Waals surface area contributed by atoms with Crippen molar-refractivity contribution >= 4 is 5.91 Å². The summed E-state index contributed by atoms with van der Waals surface area (Å²) in [4.78, 5) is 21.8. The van der Waals surface area contributed by atoms with E-state index in [0.717, 1.165) is 5.69 Å². The fourth-order valence-corrected chi connectivity index (χ4v) is 1.64. The minimum Gasteiger partial charge on any atom is -0.337 e. The van der Waals surface area contributed by atoms with E-state index in [4.69, 9.17) is 0 Å². The molecule has 0 unspecified atom stereocenters. The highest BCUT2D eigenvalue weighted by Gasteiger charge is 2.20. The molecule has 0 saturated carbocycles. The molecule has 100 valence electrons. The highest BCUT2D eigenvalue weighted by Crippen LogP contribution is 2.16. The highest BCUT2D eigenvalue weighted by atomic mass is 16.6. The third-order valence-corrected chi connectivity index (χ3v) is 3.07. The Hall–Kier alpha value is -2.31. The standard InChI is InChI=1S/C12H15N5O2/c1-8-11(16-19-15-8)6-12(18)17(3)9(2)10-4-5-13-7-14-10/h4-5,7,9H,6H2,1-3H3/t9-/m1/s1. The maximum atomic E-state index is 12.2. The summed E-state index contributed by atoms with van der Waals surface area (Å²) in [5.74, 6) is -0.0649. The number of hydrogen-bond donors (Lipinski definition) is 0. The van der Waals surface area contributed by atoms with E-state index in [-0.39, 0.29) is 18.4 Å². The highest BCUT2D eigenvalue weighted by molar-refractivity contribution is 5.78. The molecule has 2 heterocycles. The van der Waals surface area contributed by atoms with E-state index in [1.807, 2.05) is 6.92 Å². The summed E-state index contributed by atoms with van der Waals surface area (Å²) in [7, 11) is 1.73. The van der Waals surface area contributed by atoms with Gasteiger partial charge in [-0.05, 0) is 19.9 Å². The van der Waals surface area contributed by atoms with Crippen LogP contribution in [0.5, 0.6) is 0 Å². The van der Waals surface area contributed by atoms with Crippen LogP contribution in [0.3, 0.4) is 0 Å². The van der Waals surface area contributed by atoms with E-state index in [1.54, 1.807) is 31.1 Å². The van der Waals surface area contributed by atoms with Crippen LogP contribution in [-0.2, 0) is 11.2 Å². The van der Waals surface area contributed by atoms with Crippen LogP contribution in [0, 0.1) is 6.92 Å². The minimum atomic E-state index is -0.129. The molecular formula is C12H15N5O2. The van der Waals surface area contributed by atoms with Crippen molar-refractivity contribution in [3.63, 3.8) is 0 Å². The third kappa shape index (κ3) is 2.93. The molecule has 0 radical (unpaired) electrons. The Bertz CT molecular complexity index is 554. The number of amides is 1. The smallest absolute Gasteiger partial charge is 0.229 e. The second-order valence-corrected chi connectivity index (χ2v) is 4.29. The normalized spacial score (nSPS) is 12.2. The number of hydrogen-bond acceptors (Lipinski definition) is 6. The summed E-state index contributed by atoms with van der Waals surface area (Å²) >= 11 is 0. The quantitative estimate of drug-likeness (QED) is 0.814. The predicted octanol–water partition coefficient (Wildman–Crippen LogP) is 0.930. The van der Waals surface area contributed by atoms with Gasteiger partial charge in [-0.2, -0.15) is 0 Å². The molecule has 0 aliphatic carbocycles. The monoisotopic (exact) mass is 261 g/mol. The SMILES string of the molecule is Cc1nonc1CC(=O)N(C)[C@H](C)c1ccncn1. The summed E-state index contributed by atoms with van der Waals surface area (Å²) in [6.07, 6.45) is 3.29. The molecule has 0 aliphatic rings. The van der Waals surface area contributed by atoms with Crippen molar-refractivity contribution in [3.8, 4) is 0 Å². The van der Waals surface area contributed by atoms with Gasteiger partial charge in [0.05, 0.1) is 18.2 Å². The molecule has 1 atom stereocenters. The molecule has 0 bridgehead atoms. The van der Waals surface area contributed by atoms with Gasteiger partial charge in [-0.15, -0.1) is 0 Å². The number of nitrogens with zero attached hydrogens (tertiary/aromatic N) is 5. The zero-order valence-corrected chi connectivity index (χ0v) is 11.1. The Labute approximate surface area is 110 Å². The van der Waals surface area contributed by atoms with Crippen molar-refractivity contribution in [1.29, 1.82) is 0 Å². The lowest BCUT2D eigenvalue weighted by Crippen LogP contribution is -2.31. The Morgan fingerprint density at radius 3 is 2.84 bits per heavy atom. The second kappa shape index (κ2) is 5.55. The molecule has 0 aromatic carbocycles. The Morgan fingerprint density at radius 2 is 2.26 bits per heavy atom. The molecule has 1 amide bonds. The van der Waals surface area contributed by atoms with Crippen LogP contribution in [0.1, 0.15) is 30.0 Å². The van der Waals surface area contributed by atoms with Crippen LogP contribution < -0.4 is 0 Å². The first-order valence-electron chi connectivity index (χ1n) is 5.89. The lowest BCUT2D eigenvalue weighted by atomic mass is 10.1. The number of aromatic nitrogens is 4. The van der Waals surface area contributed by atoms with Gasteiger partial charge < -0.3 is 4.90 Å². The molecule has 0 spiro atoms. The van der Waals surface area contributed by atoms with Gasteiger partial charge in [0.25, 0.3) is 0 Å². The maximum absolute atomic E-state index is 12.2. The maximum Gasteiger partial charge on any atom is 0.229 e. The molecule has 0 aliphatic heterocycles. The van der Waals surface area contributed by atoms with Crippen LogP contribution in [-0.4, -0.2) is 38.1 Å². The summed E-state index contributed by atoms with van der Waals surface area (Å²) in [5, 5.41) is 7.37. The van der Waals surface area contributed by atoms with E-state index in [2.05, 4.69) is 24.9 Å². The predicted molar refractivity (Wildman–Crippen MR) is 66.0 cm³/mol. The summed E-state index contributed by atoms with van der Waals surface area (Å²) < 4.78 is 4.58. The summed E-state index contributed by atoms with van der Waals surface area (Å²) in [5.41, 5.74) is 1.99. The lowest BCUT2D eigenvalue weighted by Gasteiger charge is -2.24. The molecule has 7 heteroatoms. The van der Waals surface area contributed by atoms with E-state index >= 15 is 0 Å². The van der Waals surface area contributed by atoms with Gasteiger partial charge in [-0.1, -0.05) is 10.3 Å². The van der Waals surface area contributed by atoms with Gasteiger partial charge in [-0.3, -0.25) is 4.79 Å². The second-order valence-electron chi connectivity index (χ2n) is 4.29. The molecule has 2 rings (SSSR count). The number of carbonyl (C=O) groups is 1. The van der Waals surface area contributed by atoms with Crippen molar-refractivity contribution in [2.45, 2.75) is 26.3 Å². The number of rotatable bonds is 4. The molecular weight excluding hydrogens is 246 g/mol. The first kappa shape index (κ1) is 13.1. The summed E-state index contributed by atoms with van der Waals surface area (Å²) in [6, 6.07) is 1.66. The van der Waals surface area contributed by atoms with Crippen LogP contribution in [0.2, 0.25) is 0 Å². The van der Waals surface area contributed by atoms with Gasteiger partial charge in [0, 0.05) is 13.2 Å². The van der Waals surface area contributed by atoms with Gasteiger partial charge >= 0.3 is 0 Å². The van der Waals surface area contributed by atoms with Gasteiger partial charge in [0.15, 0.2) is 0 Å². The van der Waals surface area contributed by atoms with E-state index in [0.29, 0.717) is 11.4 Å². The molecule has 19 heavy (non-hydrogen) atoms. The topological polar surface area (TPSA) is 85.0 Å². The van der Waals surface area contributed by atoms with Crippen molar-refractivity contribution in [3.05, 3.63) is 35.7 Å². The van der Waals surface area contributed by atoms with E-state index in [9.17, 15) is 4.79 Å². The fourth-order valence-electron chi connectivity index (χ4n) is 1.64. The third-order valence-electron chi connectivity index (χ3n) is 3.07. The molecule has 2 aromatic rings. The zero-order valence-electron chi connectivity index (χ0n) is 11.1. The first-order chi connectivity index (χ1) is 9.09. The Morgan fingerprint density at radius 1 is 1.47 bits per heavy atom. The van der Waals surface area contributed by atoms with E-state index < -0.39 is 0 Å². The molecule has 0 saturated heterocycles. The first-order valence-corrected chi connectivity index (χ1v) is 5.89. The fraction of sp³-hybridized carbons (Fsp3) is 0.417. The van der Waals surface area contributed by atoms with Crippen LogP contribution >= 0.6 is 0 Å². The molecule has 7 nitrogen and oxygen atoms in total. The molecule has 2 aromatic heterocycles. The number of aryl methyl sites for hydroxylation is 1. The number of carbonyl (C=O) groups excluding carboxylic acids is 1. The van der Waals surface area contributed by atoms with Gasteiger partial charge in [0.2, 0.25) is 5.91 Å². The Balaban J connectivity index is 2.05. The van der Waals surface area contributed by atoms with Gasteiger partial charge in [-0.25, -0.2) is 14.6 Å². The van der Waals surface area contributed by atoms with E-state index in [1.165, 1.54) is 6.33 Å². The van der Waals surface area contributed by atoms with Gasteiger partial charge in [0.1, 0.15) is 17.7 Å². The van der Waals surface area contributed by atoms with Crippen LogP contribution in [0.25, 0.3) is 0 Å². The average molecular weight is 261 g/mol. The minimum absolute atomic E-state index is 0.0649. The van der Waals surface area contributed by atoms with Crippen molar-refractivity contribution < 1.29 is 9.42 Å². The largest absolute Gasteiger partial charge is 0.337 e. The average Bonchev–Trinajstić information content (AvgIpc) is 2.83. The van der Waals surface area contributed by atoms with Crippen molar-refractivity contribution in [1.82, 2.24) is 25.2 Å². The Kier molecular flexibility index (Phi) is 3.84. The van der Waals surface area contributed by atoms with Crippen molar-refractivity contribution in [2.24, 2.45) is 0 Å². The molecule has 0 N–H and O–H groups in total.